The summed E-state index contributed by atoms with van der Waals surface area (Å²) < 4.78 is 1.56. The second-order valence-electron chi connectivity index (χ2n) is 7.78. The molecule has 7 nitrogen and oxygen atoms in total. The van der Waals surface area contributed by atoms with Gasteiger partial charge in [0, 0.05) is 17.8 Å². The number of aryl methyl sites for hydroxylation is 1. The van der Waals surface area contributed by atoms with Crippen LogP contribution in [0.25, 0.3) is 0 Å². The highest BCUT2D eigenvalue weighted by atomic mass is 16.2. The summed E-state index contributed by atoms with van der Waals surface area (Å²) in [4.78, 5) is 32.7. The van der Waals surface area contributed by atoms with Gasteiger partial charge in [-0.25, -0.2) is 9.67 Å². The molecule has 30 heavy (non-hydrogen) atoms. The van der Waals surface area contributed by atoms with Crippen molar-refractivity contribution in [1.29, 1.82) is 0 Å². The van der Waals surface area contributed by atoms with E-state index in [4.69, 9.17) is 0 Å². The first-order valence-electron chi connectivity index (χ1n) is 10.00. The highest BCUT2D eigenvalue weighted by Crippen LogP contribution is 2.19. The SMILES string of the molecule is C=C1C(=O)N=C(n2nc(C)c(CCC(=O)Nc3ccc(C(C)C)cc3)c2C)N=C1C. The van der Waals surface area contributed by atoms with Gasteiger partial charge in [-0.2, -0.15) is 10.1 Å². The Morgan fingerprint density at radius 2 is 1.80 bits per heavy atom. The molecule has 0 spiro atoms. The van der Waals surface area contributed by atoms with E-state index in [2.05, 4.69) is 40.8 Å². The lowest BCUT2D eigenvalue weighted by atomic mass is 10.0. The maximum Gasteiger partial charge on any atom is 0.281 e. The van der Waals surface area contributed by atoms with Gasteiger partial charge in [0.05, 0.1) is 17.0 Å². The first kappa shape index (κ1) is 21.4. The molecule has 0 saturated heterocycles. The van der Waals surface area contributed by atoms with Crippen molar-refractivity contribution >= 4 is 29.2 Å². The number of carbonyl (C=O) groups is 2. The number of benzene rings is 1. The molecule has 7 heteroatoms. The van der Waals surface area contributed by atoms with Crippen LogP contribution < -0.4 is 5.32 Å². The number of hydrogen-bond acceptors (Lipinski definition) is 4. The molecule has 1 aromatic carbocycles. The number of carbonyl (C=O) groups excluding carboxylic acids is 2. The lowest BCUT2D eigenvalue weighted by Crippen LogP contribution is -2.23. The number of aliphatic imine (C=N–C) groups is 2. The molecule has 2 aromatic rings. The summed E-state index contributed by atoms with van der Waals surface area (Å²) in [5, 5.41) is 7.42. The Balaban J connectivity index is 1.69. The normalized spacial score (nSPS) is 14.1. The Bertz CT molecular complexity index is 1070. The molecule has 0 aliphatic carbocycles. The minimum atomic E-state index is -0.408. The van der Waals surface area contributed by atoms with Crippen LogP contribution in [0.15, 0.2) is 46.4 Å². The zero-order valence-corrected chi connectivity index (χ0v) is 18.1. The van der Waals surface area contributed by atoms with Gasteiger partial charge in [-0.15, -0.1) is 0 Å². The maximum absolute atomic E-state index is 12.4. The van der Waals surface area contributed by atoms with Crippen molar-refractivity contribution < 1.29 is 9.59 Å². The van der Waals surface area contributed by atoms with Crippen molar-refractivity contribution in [2.45, 2.75) is 53.4 Å². The van der Waals surface area contributed by atoms with E-state index >= 15 is 0 Å². The number of nitrogens with one attached hydrogen (secondary N) is 1. The molecule has 0 saturated carbocycles. The summed E-state index contributed by atoms with van der Waals surface area (Å²) in [6, 6.07) is 7.91. The van der Waals surface area contributed by atoms with Gasteiger partial charge in [-0.3, -0.25) is 9.59 Å². The minimum absolute atomic E-state index is 0.0609. The smallest absolute Gasteiger partial charge is 0.281 e. The van der Waals surface area contributed by atoms with E-state index in [0.717, 1.165) is 22.6 Å². The minimum Gasteiger partial charge on any atom is -0.326 e. The van der Waals surface area contributed by atoms with Gasteiger partial charge < -0.3 is 5.32 Å². The van der Waals surface area contributed by atoms with E-state index in [-0.39, 0.29) is 11.9 Å². The number of aromatic nitrogens is 2. The molecule has 0 fully saturated rings. The Morgan fingerprint density at radius 3 is 2.40 bits per heavy atom. The quantitative estimate of drug-likeness (QED) is 0.764. The van der Waals surface area contributed by atoms with Gasteiger partial charge in [0.2, 0.25) is 5.91 Å². The summed E-state index contributed by atoms with van der Waals surface area (Å²) in [5.74, 6) is 0.211. The van der Waals surface area contributed by atoms with E-state index in [1.165, 1.54) is 5.56 Å². The van der Waals surface area contributed by atoms with E-state index in [1.54, 1.807) is 11.6 Å². The van der Waals surface area contributed by atoms with E-state index in [1.807, 2.05) is 38.1 Å². The second-order valence-corrected chi connectivity index (χ2v) is 7.78. The molecule has 0 bridgehead atoms. The molecule has 0 radical (unpaired) electrons. The Hall–Kier alpha value is -3.35. The number of rotatable bonds is 5. The van der Waals surface area contributed by atoms with Crippen LogP contribution in [0.5, 0.6) is 0 Å². The van der Waals surface area contributed by atoms with Gasteiger partial charge in [0.1, 0.15) is 0 Å². The maximum atomic E-state index is 12.4. The molecule has 0 unspecified atom stereocenters. The molecular weight excluding hydrogens is 378 g/mol. The van der Waals surface area contributed by atoms with Crippen molar-refractivity contribution in [1.82, 2.24) is 9.78 Å². The number of amides is 2. The molecule has 0 atom stereocenters. The fraction of sp³-hybridized carbons (Fsp3) is 0.348. The third-order valence-corrected chi connectivity index (χ3v) is 5.26. The van der Waals surface area contributed by atoms with E-state index in [9.17, 15) is 9.59 Å². The molecule has 156 valence electrons. The number of anilines is 1. The largest absolute Gasteiger partial charge is 0.326 e. The zero-order valence-electron chi connectivity index (χ0n) is 18.1. The fourth-order valence-electron chi connectivity index (χ4n) is 3.30. The van der Waals surface area contributed by atoms with Crippen LogP contribution in [-0.4, -0.2) is 33.3 Å². The number of nitrogens with zero attached hydrogens (tertiary/aromatic N) is 4. The Morgan fingerprint density at radius 1 is 1.13 bits per heavy atom. The first-order chi connectivity index (χ1) is 14.2. The van der Waals surface area contributed by atoms with Crippen LogP contribution in [0.4, 0.5) is 5.69 Å². The molecule has 1 N–H and O–H groups in total. The van der Waals surface area contributed by atoms with E-state index < -0.39 is 5.91 Å². The van der Waals surface area contributed by atoms with Gasteiger partial charge in [0.15, 0.2) is 0 Å². The molecule has 3 rings (SSSR count). The first-order valence-corrected chi connectivity index (χ1v) is 10.00. The Kier molecular flexibility index (Phi) is 6.10. The monoisotopic (exact) mass is 405 g/mol. The van der Waals surface area contributed by atoms with Crippen LogP contribution in [0.2, 0.25) is 0 Å². The fourth-order valence-corrected chi connectivity index (χ4v) is 3.30. The Labute approximate surface area is 176 Å². The number of hydrogen-bond donors (Lipinski definition) is 1. The molecular formula is C23H27N5O2. The van der Waals surface area contributed by atoms with Crippen LogP contribution in [-0.2, 0) is 16.0 Å². The summed E-state index contributed by atoms with van der Waals surface area (Å²) in [6.07, 6.45) is 0.855. The average molecular weight is 406 g/mol. The predicted octanol–water partition coefficient (Wildman–Crippen LogP) is 3.96. The van der Waals surface area contributed by atoms with Crippen molar-refractivity contribution in [3.05, 3.63) is 58.9 Å². The standard InChI is InChI=1S/C23H27N5O2/c1-13(2)18-7-9-19(10-8-18)25-21(29)12-11-20-16(5)27-28(17(20)6)23-24-15(4)14(3)22(30)26-23/h7-10,13H,3,11-12H2,1-2,4-6H3,(H,25,29). The van der Waals surface area contributed by atoms with Crippen molar-refractivity contribution in [2.75, 3.05) is 5.32 Å². The van der Waals surface area contributed by atoms with Gasteiger partial charge in [-0.1, -0.05) is 32.6 Å². The lowest BCUT2D eigenvalue weighted by molar-refractivity contribution is -0.116. The van der Waals surface area contributed by atoms with Crippen LogP contribution in [0.1, 0.15) is 55.6 Å². The third-order valence-electron chi connectivity index (χ3n) is 5.26. The van der Waals surface area contributed by atoms with Gasteiger partial charge in [-0.05, 0) is 56.4 Å². The van der Waals surface area contributed by atoms with Crippen molar-refractivity contribution in [3.8, 4) is 0 Å². The molecule has 1 aliphatic rings. The third kappa shape index (κ3) is 4.45. The summed E-state index contributed by atoms with van der Waals surface area (Å²) in [7, 11) is 0. The predicted molar refractivity (Wildman–Crippen MR) is 119 cm³/mol. The van der Waals surface area contributed by atoms with Crippen LogP contribution in [0, 0.1) is 13.8 Å². The lowest BCUT2D eigenvalue weighted by Gasteiger charge is -2.11. The van der Waals surface area contributed by atoms with Crippen molar-refractivity contribution in [3.63, 3.8) is 0 Å². The summed E-state index contributed by atoms with van der Waals surface area (Å²) in [5.41, 5.74) is 5.39. The molecule has 1 aliphatic heterocycles. The van der Waals surface area contributed by atoms with Crippen LogP contribution in [0.3, 0.4) is 0 Å². The average Bonchev–Trinajstić information content (AvgIpc) is 2.98. The van der Waals surface area contributed by atoms with Crippen molar-refractivity contribution in [2.24, 2.45) is 9.98 Å². The zero-order chi connectivity index (χ0) is 22.0. The topological polar surface area (TPSA) is 88.7 Å². The van der Waals surface area contributed by atoms with E-state index in [0.29, 0.717) is 30.0 Å². The highest BCUT2D eigenvalue weighted by molar-refractivity contribution is 6.27. The van der Waals surface area contributed by atoms with Crippen LogP contribution >= 0.6 is 0 Å². The highest BCUT2D eigenvalue weighted by Gasteiger charge is 2.22. The molecule has 2 amide bonds. The summed E-state index contributed by atoms with van der Waals surface area (Å²) >= 11 is 0. The van der Waals surface area contributed by atoms with Gasteiger partial charge >= 0.3 is 0 Å². The van der Waals surface area contributed by atoms with Gasteiger partial charge in [0.25, 0.3) is 11.9 Å². The molecule has 2 heterocycles. The summed E-state index contributed by atoms with van der Waals surface area (Å²) in [6.45, 7) is 13.4. The second kappa shape index (κ2) is 8.57. The molecule has 1 aromatic heterocycles.